The van der Waals surface area contributed by atoms with Crippen molar-refractivity contribution < 1.29 is 9.59 Å². The highest BCUT2D eigenvalue weighted by Crippen LogP contribution is 2.41. The largest absolute Gasteiger partial charge is 0.332 e. The van der Waals surface area contributed by atoms with Gasteiger partial charge in [-0.3, -0.25) is 14.5 Å². The summed E-state index contributed by atoms with van der Waals surface area (Å²) >= 11 is 8.48. The lowest BCUT2D eigenvalue weighted by atomic mass is 10.0. The molecule has 0 bridgehead atoms. The molecule has 0 fully saturated rings. The van der Waals surface area contributed by atoms with Crippen molar-refractivity contribution in [2.75, 3.05) is 22.5 Å². The van der Waals surface area contributed by atoms with Crippen LogP contribution in [0.15, 0.2) is 114 Å². The molecule has 0 saturated carbocycles. The van der Waals surface area contributed by atoms with Gasteiger partial charge in [0, 0.05) is 46.3 Å². The normalized spacial score (nSPS) is 13.1. The number of ketones is 1. The molecular weight excluding hydrogens is 655 g/mol. The lowest BCUT2D eigenvalue weighted by Gasteiger charge is -2.26. The van der Waals surface area contributed by atoms with Gasteiger partial charge in [-0.25, -0.2) is 0 Å². The summed E-state index contributed by atoms with van der Waals surface area (Å²) < 4.78 is 0. The fourth-order valence-corrected chi connectivity index (χ4v) is 8.15. The van der Waals surface area contributed by atoms with Crippen molar-refractivity contribution in [1.82, 2.24) is 4.90 Å². The Kier molecular flexibility index (Phi) is 10.6. The van der Waals surface area contributed by atoms with E-state index in [4.69, 9.17) is 12.2 Å². The molecule has 0 aliphatic carbocycles. The number of nitriles is 1. The number of benzene rings is 4. The minimum absolute atomic E-state index is 0.00457. The first-order chi connectivity index (χ1) is 23.4. The number of hydrogen-bond acceptors (Lipinski definition) is 7. The van der Waals surface area contributed by atoms with Crippen molar-refractivity contribution in [3.05, 3.63) is 142 Å². The first-order valence-corrected chi connectivity index (χ1v) is 17.6. The molecule has 1 unspecified atom stereocenters. The van der Waals surface area contributed by atoms with Crippen LogP contribution in [0.4, 0.5) is 16.4 Å². The maximum Gasteiger partial charge on any atom is 0.243 e. The zero-order valence-electron chi connectivity index (χ0n) is 26.2. The fourth-order valence-electron chi connectivity index (χ4n) is 5.58. The monoisotopic (exact) mass is 687 g/mol. The van der Waals surface area contributed by atoms with E-state index < -0.39 is 5.25 Å². The Morgan fingerprint density at radius 3 is 2.33 bits per heavy atom. The summed E-state index contributed by atoms with van der Waals surface area (Å²) in [4.78, 5) is 30.0. The van der Waals surface area contributed by atoms with Gasteiger partial charge >= 0.3 is 0 Å². The van der Waals surface area contributed by atoms with Crippen molar-refractivity contribution >= 4 is 68.5 Å². The van der Waals surface area contributed by atoms with Crippen LogP contribution in [0.5, 0.6) is 0 Å². The van der Waals surface area contributed by atoms with Crippen molar-refractivity contribution in [3.63, 3.8) is 0 Å². The predicted molar refractivity (Wildman–Crippen MR) is 200 cm³/mol. The summed E-state index contributed by atoms with van der Waals surface area (Å²) in [6.07, 6.45) is 0.772. The van der Waals surface area contributed by atoms with Crippen LogP contribution in [0.3, 0.4) is 0 Å². The van der Waals surface area contributed by atoms with Crippen LogP contribution in [0.1, 0.15) is 49.7 Å². The van der Waals surface area contributed by atoms with Gasteiger partial charge in [-0.15, -0.1) is 23.1 Å². The Morgan fingerprint density at radius 2 is 1.62 bits per heavy atom. The molecule has 240 valence electrons. The van der Waals surface area contributed by atoms with Crippen LogP contribution in [-0.4, -0.2) is 28.2 Å². The van der Waals surface area contributed by atoms with E-state index in [0.717, 1.165) is 58.3 Å². The van der Waals surface area contributed by atoms with Gasteiger partial charge in [0.2, 0.25) is 5.91 Å². The minimum Gasteiger partial charge on any atom is -0.332 e. The van der Waals surface area contributed by atoms with Gasteiger partial charge in [-0.1, -0.05) is 66.7 Å². The summed E-state index contributed by atoms with van der Waals surface area (Å²) in [7, 11) is 0. The van der Waals surface area contributed by atoms with Crippen molar-refractivity contribution in [2.45, 2.75) is 36.6 Å². The zero-order chi connectivity index (χ0) is 33.5. The number of thioether (sulfide) groups is 1. The number of fused-ring (bicyclic) bond motifs is 1. The predicted octanol–water partition coefficient (Wildman–Crippen LogP) is 8.66. The Bertz CT molecular complexity index is 1970. The molecule has 7 nitrogen and oxygen atoms in total. The highest BCUT2D eigenvalue weighted by molar-refractivity contribution is 8.00. The number of thiocarbonyl (C=S) groups is 1. The average Bonchev–Trinajstić information content (AvgIpc) is 3.44. The SMILES string of the molecule is CC(=O)c1ccc(NC(=S)Nc2cccc(SC(C(=O)Nc3sc4c(c3C#N)CCN(Cc3ccccc3)C4)c3ccccc3)c2)cc1. The first kappa shape index (κ1) is 33.1. The number of rotatable bonds is 10. The fraction of sp³-hybridized carbons (Fsp3) is 0.158. The lowest BCUT2D eigenvalue weighted by Crippen LogP contribution is -2.29. The number of nitrogens with zero attached hydrogens (tertiary/aromatic N) is 2. The van der Waals surface area contributed by atoms with Crippen LogP contribution >= 0.6 is 35.3 Å². The van der Waals surface area contributed by atoms with E-state index in [2.05, 4.69) is 51.2 Å². The van der Waals surface area contributed by atoms with Gasteiger partial charge in [-0.2, -0.15) is 5.26 Å². The molecule has 1 aliphatic rings. The van der Waals surface area contributed by atoms with E-state index >= 15 is 0 Å². The molecular formula is C38H33N5O2S3. The Morgan fingerprint density at radius 1 is 0.917 bits per heavy atom. The average molecular weight is 688 g/mol. The number of anilines is 3. The Hall–Kier alpha value is -4.79. The van der Waals surface area contributed by atoms with Crippen molar-refractivity contribution in [2.24, 2.45) is 0 Å². The molecule has 1 aliphatic heterocycles. The molecule has 10 heteroatoms. The summed E-state index contributed by atoms with van der Waals surface area (Å²) in [5, 5.41) is 20.1. The number of carbonyl (C=O) groups is 2. The molecule has 0 saturated heterocycles. The maximum absolute atomic E-state index is 14.0. The van der Waals surface area contributed by atoms with Crippen LogP contribution in [-0.2, 0) is 24.3 Å². The number of amides is 1. The minimum atomic E-state index is -0.563. The lowest BCUT2D eigenvalue weighted by molar-refractivity contribution is -0.115. The van der Waals surface area contributed by atoms with Crippen LogP contribution in [0.25, 0.3) is 0 Å². The quantitative estimate of drug-likeness (QED) is 0.0763. The number of Topliss-reactive ketones (excluding diaryl/α,β-unsaturated/α-hetero) is 1. The molecule has 0 radical (unpaired) electrons. The number of thiophene rings is 1. The van der Waals surface area contributed by atoms with Crippen LogP contribution in [0, 0.1) is 11.3 Å². The Balaban J connectivity index is 1.16. The van der Waals surface area contributed by atoms with E-state index in [1.54, 1.807) is 12.1 Å². The summed E-state index contributed by atoms with van der Waals surface area (Å²) in [6, 6.07) is 37.3. The van der Waals surface area contributed by atoms with Crippen molar-refractivity contribution in [3.8, 4) is 6.07 Å². The number of nitrogens with one attached hydrogen (secondary N) is 3. The molecule has 6 rings (SSSR count). The van der Waals surface area contributed by atoms with E-state index in [1.165, 1.54) is 35.6 Å². The molecule has 2 heterocycles. The van der Waals surface area contributed by atoms with E-state index in [-0.39, 0.29) is 11.7 Å². The molecule has 1 amide bonds. The third-order valence-corrected chi connectivity index (χ3v) is 10.6. The van der Waals surface area contributed by atoms with Crippen LogP contribution in [0.2, 0.25) is 0 Å². The summed E-state index contributed by atoms with van der Waals surface area (Å²) in [6.45, 7) is 3.98. The van der Waals surface area contributed by atoms with E-state index in [1.807, 2.05) is 72.8 Å². The molecule has 1 aromatic heterocycles. The second kappa shape index (κ2) is 15.4. The molecule has 5 aromatic rings. The van der Waals surface area contributed by atoms with Gasteiger partial charge in [0.05, 0.1) is 5.56 Å². The third-order valence-electron chi connectivity index (χ3n) is 7.97. The number of carbonyl (C=O) groups excluding carboxylic acids is 2. The highest BCUT2D eigenvalue weighted by atomic mass is 32.2. The molecule has 0 spiro atoms. The van der Waals surface area contributed by atoms with Gasteiger partial charge < -0.3 is 16.0 Å². The topological polar surface area (TPSA) is 97.3 Å². The van der Waals surface area contributed by atoms with Crippen LogP contribution < -0.4 is 16.0 Å². The maximum atomic E-state index is 14.0. The van der Waals surface area contributed by atoms with Gasteiger partial charge in [0.1, 0.15) is 16.3 Å². The Labute approximate surface area is 294 Å². The van der Waals surface area contributed by atoms with Gasteiger partial charge in [0.15, 0.2) is 10.9 Å². The molecule has 3 N–H and O–H groups in total. The first-order valence-electron chi connectivity index (χ1n) is 15.5. The second-order valence-electron chi connectivity index (χ2n) is 11.4. The van der Waals surface area contributed by atoms with Gasteiger partial charge in [-0.05, 0) is 84.7 Å². The smallest absolute Gasteiger partial charge is 0.243 e. The summed E-state index contributed by atoms with van der Waals surface area (Å²) in [5.74, 6) is -0.183. The number of hydrogen-bond donors (Lipinski definition) is 3. The molecule has 1 atom stereocenters. The molecule has 48 heavy (non-hydrogen) atoms. The van der Waals surface area contributed by atoms with E-state index in [9.17, 15) is 14.9 Å². The van der Waals surface area contributed by atoms with Crippen molar-refractivity contribution in [1.29, 1.82) is 5.26 Å². The zero-order valence-corrected chi connectivity index (χ0v) is 28.7. The standard InChI is InChI=1S/C38H33N5O2S3/c1-25(44)27-15-17-29(18-16-27)40-38(46)41-30-13-8-14-31(21-30)47-35(28-11-6-3-7-12-28)36(45)42-37-33(22-39)32-19-20-43(24-34(32)48-37)23-26-9-4-2-5-10-26/h2-18,21,35H,19-20,23-24H2,1H3,(H,42,45)(H2,40,41,46). The summed E-state index contributed by atoms with van der Waals surface area (Å²) in [5.41, 5.74) is 5.90. The second-order valence-corrected chi connectivity index (χ2v) is 14.1. The third kappa shape index (κ3) is 8.19. The highest BCUT2D eigenvalue weighted by Gasteiger charge is 2.28. The van der Waals surface area contributed by atoms with E-state index in [0.29, 0.717) is 21.2 Å². The molecule has 4 aromatic carbocycles. The van der Waals surface area contributed by atoms with Gasteiger partial charge in [0.25, 0.3) is 0 Å².